The standard InChI is InChI=1S/C18H26N2O3/c1-4-5-8-18(21)20-11-6-7-15(13-20)19-14-9-10-16(22-2)17(12-14)23-3/h4,9-10,12,15,19H,1,5-8,11,13H2,2-3H3. The molecule has 1 heterocycles. The first-order chi connectivity index (χ1) is 11.2. The highest BCUT2D eigenvalue weighted by Crippen LogP contribution is 2.30. The lowest BCUT2D eigenvalue weighted by molar-refractivity contribution is -0.132. The monoisotopic (exact) mass is 318 g/mol. The van der Waals surface area contributed by atoms with Gasteiger partial charge in [-0.2, -0.15) is 0 Å². The fraction of sp³-hybridized carbons (Fsp3) is 0.500. The van der Waals surface area contributed by atoms with Crippen molar-refractivity contribution in [2.45, 2.75) is 31.7 Å². The van der Waals surface area contributed by atoms with Crippen LogP contribution in [0.25, 0.3) is 0 Å². The van der Waals surface area contributed by atoms with E-state index in [9.17, 15) is 4.79 Å². The fourth-order valence-electron chi connectivity index (χ4n) is 2.87. The van der Waals surface area contributed by atoms with E-state index in [4.69, 9.17) is 9.47 Å². The van der Waals surface area contributed by atoms with Crippen LogP contribution in [0.15, 0.2) is 30.9 Å². The Morgan fingerprint density at radius 1 is 1.39 bits per heavy atom. The predicted octanol–water partition coefficient (Wildman–Crippen LogP) is 3.07. The van der Waals surface area contributed by atoms with Crippen molar-refractivity contribution in [3.05, 3.63) is 30.9 Å². The van der Waals surface area contributed by atoms with Gasteiger partial charge < -0.3 is 19.7 Å². The first-order valence-electron chi connectivity index (χ1n) is 8.05. The number of rotatable bonds is 7. The van der Waals surface area contributed by atoms with Crippen molar-refractivity contribution in [2.24, 2.45) is 0 Å². The van der Waals surface area contributed by atoms with Gasteiger partial charge in [-0.15, -0.1) is 6.58 Å². The Morgan fingerprint density at radius 2 is 2.17 bits per heavy atom. The van der Waals surface area contributed by atoms with Crippen LogP contribution in [-0.2, 0) is 4.79 Å². The number of nitrogens with one attached hydrogen (secondary N) is 1. The van der Waals surface area contributed by atoms with E-state index < -0.39 is 0 Å². The number of hydrogen-bond donors (Lipinski definition) is 1. The van der Waals surface area contributed by atoms with E-state index in [0.29, 0.717) is 17.9 Å². The van der Waals surface area contributed by atoms with Crippen molar-refractivity contribution in [3.63, 3.8) is 0 Å². The molecule has 2 rings (SSSR count). The first-order valence-corrected chi connectivity index (χ1v) is 8.05. The molecule has 5 heteroatoms. The summed E-state index contributed by atoms with van der Waals surface area (Å²) in [4.78, 5) is 14.1. The minimum absolute atomic E-state index is 0.212. The molecular formula is C18H26N2O3. The Hall–Kier alpha value is -2.17. The summed E-state index contributed by atoms with van der Waals surface area (Å²) >= 11 is 0. The summed E-state index contributed by atoms with van der Waals surface area (Å²) in [7, 11) is 3.25. The molecule has 0 saturated carbocycles. The van der Waals surface area contributed by atoms with Gasteiger partial charge in [-0.1, -0.05) is 6.08 Å². The minimum Gasteiger partial charge on any atom is -0.493 e. The Bertz CT molecular complexity index is 545. The largest absolute Gasteiger partial charge is 0.493 e. The Labute approximate surface area is 138 Å². The molecule has 1 aliphatic heterocycles. The van der Waals surface area contributed by atoms with E-state index in [-0.39, 0.29) is 11.9 Å². The van der Waals surface area contributed by atoms with Crippen molar-refractivity contribution < 1.29 is 14.3 Å². The lowest BCUT2D eigenvalue weighted by Crippen LogP contribution is -2.45. The van der Waals surface area contributed by atoms with E-state index in [2.05, 4.69) is 11.9 Å². The van der Waals surface area contributed by atoms with Crippen LogP contribution in [0.5, 0.6) is 11.5 Å². The van der Waals surface area contributed by atoms with Gasteiger partial charge in [-0.05, 0) is 31.4 Å². The number of anilines is 1. The van der Waals surface area contributed by atoms with Gasteiger partial charge in [-0.25, -0.2) is 0 Å². The number of carbonyl (C=O) groups excluding carboxylic acids is 1. The van der Waals surface area contributed by atoms with Crippen molar-refractivity contribution >= 4 is 11.6 Å². The summed E-state index contributed by atoms with van der Waals surface area (Å²) in [6.45, 7) is 5.26. The van der Waals surface area contributed by atoms with Gasteiger partial charge in [0.05, 0.1) is 14.2 Å². The third kappa shape index (κ3) is 4.65. The Balaban J connectivity index is 1.97. The zero-order valence-electron chi connectivity index (χ0n) is 14.0. The molecule has 1 aromatic rings. The van der Waals surface area contributed by atoms with Gasteiger partial charge in [0.1, 0.15) is 0 Å². The van der Waals surface area contributed by atoms with E-state index in [1.165, 1.54) is 0 Å². The van der Waals surface area contributed by atoms with Crippen LogP contribution in [0.1, 0.15) is 25.7 Å². The zero-order valence-corrected chi connectivity index (χ0v) is 14.0. The summed E-state index contributed by atoms with van der Waals surface area (Å²) in [6.07, 6.45) is 5.15. The summed E-state index contributed by atoms with van der Waals surface area (Å²) < 4.78 is 10.6. The van der Waals surface area contributed by atoms with Crippen LogP contribution in [0.2, 0.25) is 0 Å². The summed E-state index contributed by atoms with van der Waals surface area (Å²) in [5.41, 5.74) is 0.980. The second kappa shape index (κ2) is 8.46. The van der Waals surface area contributed by atoms with Crippen LogP contribution in [-0.4, -0.2) is 44.2 Å². The van der Waals surface area contributed by atoms with Gasteiger partial charge >= 0.3 is 0 Å². The van der Waals surface area contributed by atoms with Crippen molar-refractivity contribution in [3.8, 4) is 11.5 Å². The number of benzene rings is 1. The molecule has 0 spiro atoms. The van der Waals surface area contributed by atoms with Gasteiger partial charge in [0, 0.05) is 37.3 Å². The predicted molar refractivity (Wildman–Crippen MR) is 92.2 cm³/mol. The van der Waals surface area contributed by atoms with Crippen LogP contribution < -0.4 is 14.8 Å². The third-order valence-corrected chi connectivity index (χ3v) is 4.09. The van der Waals surface area contributed by atoms with Crippen molar-refractivity contribution in [1.29, 1.82) is 0 Å². The highest BCUT2D eigenvalue weighted by atomic mass is 16.5. The smallest absolute Gasteiger partial charge is 0.222 e. The van der Waals surface area contributed by atoms with Crippen LogP contribution in [0.3, 0.4) is 0 Å². The highest BCUT2D eigenvalue weighted by molar-refractivity contribution is 5.76. The maximum Gasteiger partial charge on any atom is 0.222 e. The molecule has 1 aromatic carbocycles. The van der Waals surface area contributed by atoms with Crippen molar-refractivity contribution in [2.75, 3.05) is 32.6 Å². The van der Waals surface area contributed by atoms with Gasteiger partial charge in [0.15, 0.2) is 11.5 Å². The SMILES string of the molecule is C=CCCC(=O)N1CCCC(Nc2ccc(OC)c(OC)c2)C1. The maximum atomic E-state index is 12.2. The average Bonchev–Trinajstić information content (AvgIpc) is 2.59. The van der Waals surface area contributed by atoms with Gasteiger partial charge in [-0.3, -0.25) is 4.79 Å². The second-order valence-electron chi connectivity index (χ2n) is 5.72. The number of piperidine rings is 1. The summed E-state index contributed by atoms with van der Waals surface area (Å²) in [5.74, 6) is 1.62. The number of nitrogens with zero attached hydrogens (tertiary/aromatic N) is 1. The third-order valence-electron chi connectivity index (χ3n) is 4.09. The number of carbonyl (C=O) groups is 1. The number of amides is 1. The summed E-state index contributed by atoms with van der Waals surface area (Å²) in [5, 5.41) is 3.50. The van der Waals surface area contributed by atoms with E-state index >= 15 is 0 Å². The van der Waals surface area contributed by atoms with Crippen molar-refractivity contribution in [1.82, 2.24) is 4.90 Å². The van der Waals surface area contributed by atoms with E-state index in [1.54, 1.807) is 20.3 Å². The first kappa shape index (κ1) is 17.2. The molecule has 1 amide bonds. The van der Waals surface area contributed by atoms with Gasteiger partial charge in [0.25, 0.3) is 0 Å². The molecule has 1 N–H and O–H groups in total. The van der Waals surface area contributed by atoms with Crippen LogP contribution in [0, 0.1) is 0 Å². The molecular weight excluding hydrogens is 292 g/mol. The molecule has 23 heavy (non-hydrogen) atoms. The normalized spacial score (nSPS) is 17.5. The second-order valence-corrected chi connectivity index (χ2v) is 5.72. The number of likely N-dealkylation sites (tertiary alicyclic amines) is 1. The van der Waals surface area contributed by atoms with E-state index in [1.807, 2.05) is 23.1 Å². The number of hydrogen-bond acceptors (Lipinski definition) is 4. The highest BCUT2D eigenvalue weighted by Gasteiger charge is 2.23. The molecule has 1 fully saturated rings. The molecule has 1 aliphatic rings. The quantitative estimate of drug-likeness (QED) is 0.785. The molecule has 1 unspecified atom stereocenters. The number of ether oxygens (including phenoxy) is 2. The average molecular weight is 318 g/mol. The fourth-order valence-corrected chi connectivity index (χ4v) is 2.87. The lowest BCUT2D eigenvalue weighted by Gasteiger charge is -2.34. The molecule has 126 valence electrons. The van der Waals surface area contributed by atoms with Crippen LogP contribution >= 0.6 is 0 Å². The molecule has 0 bridgehead atoms. The Kier molecular flexibility index (Phi) is 6.32. The minimum atomic E-state index is 0.212. The summed E-state index contributed by atoms with van der Waals surface area (Å²) in [6, 6.07) is 6.04. The number of methoxy groups -OCH3 is 2. The topological polar surface area (TPSA) is 50.8 Å². The zero-order chi connectivity index (χ0) is 16.7. The maximum absolute atomic E-state index is 12.2. The molecule has 0 aromatic heterocycles. The van der Waals surface area contributed by atoms with E-state index in [0.717, 1.165) is 38.0 Å². The Morgan fingerprint density at radius 3 is 2.87 bits per heavy atom. The molecule has 1 saturated heterocycles. The molecule has 0 aliphatic carbocycles. The van der Waals surface area contributed by atoms with Crippen LogP contribution in [0.4, 0.5) is 5.69 Å². The molecule has 1 atom stereocenters. The van der Waals surface area contributed by atoms with Gasteiger partial charge in [0.2, 0.25) is 5.91 Å². The molecule has 0 radical (unpaired) electrons. The number of allylic oxidation sites excluding steroid dienone is 1. The molecule has 5 nitrogen and oxygen atoms in total. The lowest BCUT2D eigenvalue weighted by atomic mass is 10.0.